The van der Waals surface area contributed by atoms with Gasteiger partial charge in [-0.25, -0.2) is 4.39 Å². The van der Waals surface area contributed by atoms with E-state index in [1.807, 2.05) is 6.07 Å². The molecule has 2 aromatic carbocycles. The number of hydrogen-bond acceptors (Lipinski definition) is 2. The molecule has 1 amide bonds. The smallest absolute Gasteiger partial charge is 0.255 e. The fraction of sp³-hybridized carbons (Fsp3) is 0. The maximum absolute atomic E-state index is 12.8. The number of hydrogen-bond donors (Lipinski definition) is 2. The second kappa shape index (κ2) is 4.53. The number of H-pyrrole nitrogens is 1. The van der Waals surface area contributed by atoms with E-state index in [1.165, 1.54) is 24.3 Å². The summed E-state index contributed by atoms with van der Waals surface area (Å²) in [6.45, 7) is 0. The highest BCUT2D eigenvalue weighted by molar-refractivity contribution is 6.06. The van der Waals surface area contributed by atoms with E-state index < -0.39 is 0 Å². The second-order valence-electron chi connectivity index (χ2n) is 4.13. The largest absolute Gasteiger partial charge is 0.322 e. The van der Waals surface area contributed by atoms with E-state index in [0.29, 0.717) is 11.3 Å². The van der Waals surface area contributed by atoms with Crippen molar-refractivity contribution < 1.29 is 9.18 Å². The number of nitrogens with zero attached hydrogens (tertiary/aromatic N) is 1. The molecule has 4 nitrogen and oxygen atoms in total. The van der Waals surface area contributed by atoms with Crippen molar-refractivity contribution in [3.05, 3.63) is 60.0 Å². The maximum atomic E-state index is 12.8. The van der Waals surface area contributed by atoms with Crippen LogP contribution in [0.2, 0.25) is 0 Å². The number of aromatic nitrogens is 2. The van der Waals surface area contributed by atoms with Crippen molar-refractivity contribution >= 4 is 22.5 Å². The first kappa shape index (κ1) is 11.4. The fourth-order valence-corrected chi connectivity index (χ4v) is 1.81. The van der Waals surface area contributed by atoms with Crippen LogP contribution in [-0.2, 0) is 0 Å². The Bertz CT molecular complexity index is 734. The number of carbonyl (C=O) groups excluding carboxylic acids is 1. The first-order valence-corrected chi connectivity index (χ1v) is 5.72. The second-order valence-corrected chi connectivity index (χ2v) is 4.13. The third kappa shape index (κ3) is 2.30. The molecule has 0 spiro atoms. The Kier molecular flexibility index (Phi) is 2.72. The molecule has 3 rings (SSSR count). The SMILES string of the molecule is O=C(Nc1ccc(F)cc1)c1ccc2cn[nH]c2c1. The summed E-state index contributed by atoms with van der Waals surface area (Å²) in [5.74, 6) is -0.583. The van der Waals surface area contributed by atoms with Crippen LogP contribution < -0.4 is 5.32 Å². The molecule has 5 heteroatoms. The minimum absolute atomic E-state index is 0.247. The van der Waals surface area contributed by atoms with E-state index in [0.717, 1.165) is 10.9 Å². The van der Waals surface area contributed by atoms with Crippen molar-refractivity contribution in [1.82, 2.24) is 10.2 Å². The number of aromatic amines is 1. The summed E-state index contributed by atoms with van der Waals surface area (Å²) < 4.78 is 12.8. The summed E-state index contributed by atoms with van der Waals surface area (Å²) in [7, 11) is 0. The maximum Gasteiger partial charge on any atom is 0.255 e. The third-order valence-electron chi connectivity index (χ3n) is 2.81. The molecule has 0 saturated heterocycles. The topological polar surface area (TPSA) is 57.8 Å². The summed E-state index contributed by atoms with van der Waals surface area (Å²) in [6.07, 6.45) is 1.69. The molecule has 3 aromatic rings. The van der Waals surface area contributed by atoms with Gasteiger partial charge in [-0.2, -0.15) is 5.10 Å². The lowest BCUT2D eigenvalue weighted by Gasteiger charge is -2.05. The van der Waals surface area contributed by atoms with Crippen molar-refractivity contribution in [2.75, 3.05) is 5.32 Å². The van der Waals surface area contributed by atoms with Crippen molar-refractivity contribution in [1.29, 1.82) is 0 Å². The van der Waals surface area contributed by atoms with Crippen LogP contribution >= 0.6 is 0 Å². The van der Waals surface area contributed by atoms with E-state index in [4.69, 9.17) is 0 Å². The molecule has 0 fully saturated rings. The van der Waals surface area contributed by atoms with Crippen LogP contribution in [0.5, 0.6) is 0 Å². The number of anilines is 1. The summed E-state index contributed by atoms with van der Waals surface area (Å²) in [5.41, 5.74) is 1.86. The van der Waals surface area contributed by atoms with Gasteiger partial charge in [0.15, 0.2) is 0 Å². The van der Waals surface area contributed by atoms with Crippen LogP contribution in [0.1, 0.15) is 10.4 Å². The van der Waals surface area contributed by atoms with Gasteiger partial charge in [0.1, 0.15) is 5.82 Å². The Labute approximate surface area is 108 Å². The third-order valence-corrected chi connectivity index (χ3v) is 2.81. The van der Waals surface area contributed by atoms with Gasteiger partial charge in [-0.05, 0) is 36.4 Å². The van der Waals surface area contributed by atoms with Crippen LogP contribution in [0.25, 0.3) is 10.9 Å². The molecule has 0 radical (unpaired) electrons. The molecule has 0 aliphatic carbocycles. The van der Waals surface area contributed by atoms with Crippen LogP contribution in [-0.4, -0.2) is 16.1 Å². The van der Waals surface area contributed by atoms with Crippen LogP contribution in [0.3, 0.4) is 0 Å². The molecule has 94 valence electrons. The zero-order chi connectivity index (χ0) is 13.2. The van der Waals surface area contributed by atoms with Crippen LogP contribution in [0.15, 0.2) is 48.7 Å². The van der Waals surface area contributed by atoms with E-state index in [9.17, 15) is 9.18 Å². The molecule has 0 saturated carbocycles. The standard InChI is InChI=1S/C14H10FN3O/c15-11-3-5-12(6-4-11)17-14(19)9-1-2-10-8-16-18-13(10)7-9/h1-8H,(H,16,18)(H,17,19). The van der Waals surface area contributed by atoms with Gasteiger partial charge in [0.05, 0.1) is 11.7 Å². The minimum Gasteiger partial charge on any atom is -0.322 e. The van der Waals surface area contributed by atoms with Crippen LogP contribution in [0, 0.1) is 5.82 Å². The monoisotopic (exact) mass is 255 g/mol. The van der Waals surface area contributed by atoms with Gasteiger partial charge in [0.2, 0.25) is 0 Å². The number of halogens is 1. The zero-order valence-corrected chi connectivity index (χ0v) is 9.85. The van der Waals surface area contributed by atoms with Gasteiger partial charge in [-0.3, -0.25) is 9.89 Å². The number of benzene rings is 2. The number of nitrogens with one attached hydrogen (secondary N) is 2. The molecular formula is C14H10FN3O. The highest BCUT2D eigenvalue weighted by Gasteiger charge is 2.07. The summed E-state index contributed by atoms with van der Waals surface area (Å²) in [4.78, 5) is 12.0. The number of rotatable bonds is 2. The molecule has 0 aliphatic rings. The summed E-state index contributed by atoms with van der Waals surface area (Å²) in [6, 6.07) is 10.9. The highest BCUT2D eigenvalue weighted by atomic mass is 19.1. The predicted octanol–water partition coefficient (Wildman–Crippen LogP) is 2.95. The number of amides is 1. The molecule has 1 aromatic heterocycles. The Morgan fingerprint density at radius 2 is 1.95 bits per heavy atom. The predicted molar refractivity (Wildman–Crippen MR) is 70.4 cm³/mol. The van der Waals surface area contributed by atoms with E-state index in [1.54, 1.807) is 18.3 Å². The lowest BCUT2D eigenvalue weighted by molar-refractivity contribution is 0.102. The number of carbonyl (C=O) groups is 1. The average Bonchev–Trinajstić information content (AvgIpc) is 2.88. The first-order chi connectivity index (χ1) is 9.22. The van der Waals surface area contributed by atoms with E-state index in [2.05, 4.69) is 15.5 Å². The molecule has 0 atom stereocenters. The molecule has 2 N–H and O–H groups in total. The van der Waals surface area contributed by atoms with Gasteiger partial charge >= 0.3 is 0 Å². The van der Waals surface area contributed by atoms with Crippen molar-refractivity contribution in [2.24, 2.45) is 0 Å². The zero-order valence-electron chi connectivity index (χ0n) is 9.85. The van der Waals surface area contributed by atoms with Gasteiger partial charge in [0, 0.05) is 16.6 Å². The van der Waals surface area contributed by atoms with E-state index >= 15 is 0 Å². The van der Waals surface area contributed by atoms with Crippen molar-refractivity contribution in [2.45, 2.75) is 0 Å². The van der Waals surface area contributed by atoms with Gasteiger partial charge in [-0.15, -0.1) is 0 Å². The van der Waals surface area contributed by atoms with Crippen molar-refractivity contribution in [3.63, 3.8) is 0 Å². The summed E-state index contributed by atoms with van der Waals surface area (Å²) in [5, 5.41) is 10.3. The fourth-order valence-electron chi connectivity index (χ4n) is 1.81. The Morgan fingerprint density at radius 1 is 1.16 bits per heavy atom. The molecule has 0 aliphatic heterocycles. The van der Waals surface area contributed by atoms with Gasteiger partial charge < -0.3 is 5.32 Å². The molecule has 0 unspecified atom stereocenters. The highest BCUT2D eigenvalue weighted by Crippen LogP contribution is 2.15. The average molecular weight is 255 g/mol. The molecule has 19 heavy (non-hydrogen) atoms. The minimum atomic E-state index is -0.336. The van der Waals surface area contributed by atoms with Crippen molar-refractivity contribution in [3.8, 4) is 0 Å². The summed E-state index contributed by atoms with van der Waals surface area (Å²) >= 11 is 0. The van der Waals surface area contributed by atoms with Gasteiger partial charge in [0.25, 0.3) is 5.91 Å². The normalized spacial score (nSPS) is 10.6. The van der Waals surface area contributed by atoms with Crippen LogP contribution in [0.4, 0.5) is 10.1 Å². The lowest BCUT2D eigenvalue weighted by atomic mass is 10.1. The quantitative estimate of drug-likeness (QED) is 0.739. The Hall–Kier alpha value is -2.69. The number of fused-ring (bicyclic) bond motifs is 1. The van der Waals surface area contributed by atoms with E-state index in [-0.39, 0.29) is 11.7 Å². The lowest BCUT2D eigenvalue weighted by Crippen LogP contribution is -2.11. The molecular weight excluding hydrogens is 245 g/mol. The first-order valence-electron chi connectivity index (χ1n) is 5.72. The molecule has 1 heterocycles. The Balaban J connectivity index is 1.84. The molecule has 0 bridgehead atoms. The Morgan fingerprint density at radius 3 is 2.74 bits per heavy atom. The van der Waals surface area contributed by atoms with Gasteiger partial charge in [-0.1, -0.05) is 6.07 Å².